The number of amides is 1. The summed E-state index contributed by atoms with van der Waals surface area (Å²) in [5.74, 6) is -0.896. The zero-order chi connectivity index (χ0) is 21.1. The summed E-state index contributed by atoms with van der Waals surface area (Å²) < 4.78 is 0. The maximum atomic E-state index is 11.7. The molecule has 4 heteroatoms. The second-order valence-corrected chi connectivity index (χ2v) is 8.19. The van der Waals surface area contributed by atoms with Gasteiger partial charge in [-0.2, -0.15) is 0 Å². The van der Waals surface area contributed by atoms with Crippen LogP contribution >= 0.6 is 0 Å². The van der Waals surface area contributed by atoms with Crippen molar-refractivity contribution >= 4 is 16.7 Å². The van der Waals surface area contributed by atoms with Gasteiger partial charge in [-0.1, -0.05) is 114 Å². The summed E-state index contributed by atoms with van der Waals surface area (Å²) in [6.07, 6.45) is 10.5. The van der Waals surface area contributed by atoms with Gasteiger partial charge < -0.3 is 15.9 Å². The van der Waals surface area contributed by atoms with Crippen LogP contribution in [0.3, 0.4) is 0 Å². The number of primary amides is 1. The van der Waals surface area contributed by atoms with Crippen molar-refractivity contribution in [2.45, 2.75) is 89.3 Å². The van der Waals surface area contributed by atoms with E-state index >= 15 is 0 Å². The van der Waals surface area contributed by atoms with Gasteiger partial charge in [-0.05, 0) is 22.8 Å². The summed E-state index contributed by atoms with van der Waals surface area (Å²) in [6, 6.07) is 13.3. The number of benzene rings is 2. The molecule has 2 unspecified atom stereocenters. The normalized spacial score (nSPS) is 14.6. The summed E-state index contributed by atoms with van der Waals surface area (Å²) >= 11 is 0. The zero-order valence-corrected chi connectivity index (χ0v) is 17.8. The van der Waals surface area contributed by atoms with Crippen LogP contribution in [0.1, 0.15) is 83.1 Å². The molecule has 0 bridgehead atoms. The van der Waals surface area contributed by atoms with Gasteiger partial charge in [0.05, 0.1) is 0 Å². The number of aliphatic hydroxyl groups is 2. The lowest BCUT2D eigenvalue weighted by Crippen LogP contribution is -2.47. The zero-order valence-electron chi connectivity index (χ0n) is 17.8. The topological polar surface area (TPSA) is 83.6 Å². The third-order valence-electron chi connectivity index (χ3n) is 5.89. The fourth-order valence-electron chi connectivity index (χ4n) is 4.14. The first-order valence-corrected chi connectivity index (χ1v) is 11.2. The lowest BCUT2D eigenvalue weighted by molar-refractivity contribution is -0.145. The van der Waals surface area contributed by atoms with E-state index in [2.05, 4.69) is 6.92 Å². The Morgan fingerprint density at radius 2 is 1.45 bits per heavy atom. The fourth-order valence-corrected chi connectivity index (χ4v) is 4.14. The number of hydrogen-bond donors (Lipinski definition) is 3. The Morgan fingerprint density at radius 3 is 2.07 bits per heavy atom. The lowest BCUT2D eigenvalue weighted by Gasteiger charge is -2.33. The number of carbonyl (C=O) groups excluding carboxylic acids is 1. The molecular weight excluding hydrogens is 362 g/mol. The molecule has 0 saturated heterocycles. The second kappa shape index (κ2) is 11.9. The van der Waals surface area contributed by atoms with Gasteiger partial charge in [-0.3, -0.25) is 4.79 Å². The van der Waals surface area contributed by atoms with Gasteiger partial charge in [0.1, 0.15) is 5.60 Å². The van der Waals surface area contributed by atoms with Crippen LogP contribution in [-0.2, 0) is 10.4 Å². The number of unbranched alkanes of at least 4 members (excludes halogenated alkanes) is 9. The molecule has 29 heavy (non-hydrogen) atoms. The van der Waals surface area contributed by atoms with Crippen LogP contribution in [0.5, 0.6) is 0 Å². The molecule has 2 rings (SSSR count). The van der Waals surface area contributed by atoms with E-state index in [-0.39, 0.29) is 0 Å². The number of carbonyl (C=O) groups is 1. The lowest BCUT2D eigenvalue weighted by atomic mass is 9.80. The molecule has 2 aromatic carbocycles. The summed E-state index contributed by atoms with van der Waals surface area (Å²) in [7, 11) is 0. The smallest absolute Gasteiger partial charge is 0.249 e. The summed E-state index contributed by atoms with van der Waals surface area (Å²) in [4.78, 5) is 11.7. The molecule has 0 aromatic heterocycles. The van der Waals surface area contributed by atoms with Crippen molar-refractivity contribution in [3.63, 3.8) is 0 Å². The van der Waals surface area contributed by atoms with Gasteiger partial charge in [-0.25, -0.2) is 0 Å². The van der Waals surface area contributed by atoms with Crippen molar-refractivity contribution in [1.29, 1.82) is 0 Å². The number of nitrogens with two attached hydrogens (primary N) is 1. The summed E-state index contributed by atoms with van der Waals surface area (Å²) in [5, 5.41) is 23.7. The van der Waals surface area contributed by atoms with E-state index in [1.54, 1.807) is 6.07 Å². The van der Waals surface area contributed by atoms with E-state index in [1.165, 1.54) is 44.9 Å². The van der Waals surface area contributed by atoms with E-state index in [4.69, 9.17) is 5.73 Å². The molecule has 0 aliphatic carbocycles. The Kier molecular flexibility index (Phi) is 9.62. The highest BCUT2D eigenvalue weighted by Gasteiger charge is 2.41. The SMILES string of the molecule is CCCCCCCCCCCCC(O)(c1cccc2ccccc12)C(O)C(N)=O. The Hall–Kier alpha value is -1.91. The average Bonchev–Trinajstić information content (AvgIpc) is 2.73. The van der Waals surface area contributed by atoms with Gasteiger partial charge in [-0.15, -0.1) is 0 Å². The predicted molar refractivity (Wildman–Crippen MR) is 120 cm³/mol. The minimum atomic E-state index is -1.67. The summed E-state index contributed by atoms with van der Waals surface area (Å²) in [6.45, 7) is 2.23. The minimum absolute atomic E-state index is 0.307. The molecule has 160 valence electrons. The summed E-state index contributed by atoms with van der Waals surface area (Å²) in [5.41, 5.74) is 4.27. The highest BCUT2D eigenvalue weighted by Crippen LogP contribution is 2.36. The maximum Gasteiger partial charge on any atom is 0.249 e. The van der Waals surface area contributed by atoms with Gasteiger partial charge in [0.25, 0.3) is 0 Å². The van der Waals surface area contributed by atoms with Gasteiger partial charge >= 0.3 is 0 Å². The van der Waals surface area contributed by atoms with E-state index < -0.39 is 17.6 Å². The quantitative estimate of drug-likeness (QED) is 0.383. The van der Waals surface area contributed by atoms with E-state index in [0.717, 1.165) is 30.0 Å². The number of aliphatic hydroxyl groups excluding tert-OH is 1. The fraction of sp³-hybridized carbons (Fsp3) is 0.560. The molecule has 0 aliphatic heterocycles. The molecule has 1 amide bonds. The van der Waals surface area contributed by atoms with Crippen LogP contribution < -0.4 is 5.73 Å². The number of hydrogen-bond acceptors (Lipinski definition) is 3. The highest BCUT2D eigenvalue weighted by molar-refractivity contribution is 5.88. The van der Waals surface area contributed by atoms with Crippen LogP contribution in [-0.4, -0.2) is 22.2 Å². The van der Waals surface area contributed by atoms with Gasteiger partial charge in [0.15, 0.2) is 6.10 Å². The second-order valence-electron chi connectivity index (χ2n) is 8.19. The van der Waals surface area contributed by atoms with Crippen molar-refractivity contribution in [3.05, 3.63) is 48.0 Å². The largest absolute Gasteiger partial charge is 0.382 e. The van der Waals surface area contributed by atoms with Crippen LogP contribution in [0.15, 0.2) is 42.5 Å². The van der Waals surface area contributed by atoms with Crippen molar-refractivity contribution < 1.29 is 15.0 Å². The molecule has 0 fully saturated rings. The Balaban J connectivity index is 1.96. The third-order valence-corrected chi connectivity index (χ3v) is 5.89. The average molecular weight is 400 g/mol. The molecule has 4 nitrogen and oxygen atoms in total. The monoisotopic (exact) mass is 399 g/mol. The first kappa shape index (κ1) is 23.4. The number of fused-ring (bicyclic) bond motifs is 1. The molecule has 4 N–H and O–H groups in total. The Morgan fingerprint density at radius 1 is 0.897 bits per heavy atom. The molecule has 2 aromatic rings. The van der Waals surface area contributed by atoms with Crippen molar-refractivity contribution in [3.8, 4) is 0 Å². The molecule has 0 radical (unpaired) electrons. The standard InChI is InChI=1S/C25H37NO3/c1-2-3-4-5-6-7-8-9-10-13-19-25(29,23(27)24(26)28)22-18-14-16-20-15-11-12-17-21(20)22/h11-12,14-18,23,27,29H,2-10,13,19H2,1H3,(H2,26,28). The molecule has 0 heterocycles. The molecule has 0 aliphatic rings. The number of rotatable bonds is 14. The van der Waals surface area contributed by atoms with Crippen LogP contribution in [0.2, 0.25) is 0 Å². The molecular formula is C25H37NO3. The van der Waals surface area contributed by atoms with Crippen molar-refractivity contribution in [2.24, 2.45) is 5.73 Å². The first-order chi connectivity index (χ1) is 14.0. The van der Waals surface area contributed by atoms with E-state index in [1.807, 2.05) is 36.4 Å². The molecule has 0 saturated carbocycles. The first-order valence-electron chi connectivity index (χ1n) is 11.2. The molecule has 2 atom stereocenters. The van der Waals surface area contributed by atoms with Gasteiger partial charge in [0.2, 0.25) is 5.91 Å². The van der Waals surface area contributed by atoms with Crippen molar-refractivity contribution in [1.82, 2.24) is 0 Å². The third kappa shape index (κ3) is 6.55. The van der Waals surface area contributed by atoms with E-state index in [0.29, 0.717) is 12.0 Å². The van der Waals surface area contributed by atoms with Crippen LogP contribution in [0.25, 0.3) is 10.8 Å². The van der Waals surface area contributed by atoms with E-state index in [9.17, 15) is 15.0 Å². The maximum absolute atomic E-state index is 11.7. The molecule has 0 spiro atoms. The minimum Gasteiger partial charge on any atom is -0.382 e. The van der Waals surface area contributed by atoms with Crippen LogP contribution in [0.4, 0.5) is 0 Å². The Bertz CT molecular complexity index is 755. The van der Waals surface area contributed by atoms with Crippen molar-refractivity contribution in [2.75, 3.05) is 0 Å². The predicted octanol–water partition coefficient (Wildman–Crippen LogP) is 5.18. The van der Waals surface area contributed by atoms with Gasteiger partial charge in [0, 0.05) is 0 Å². The highest BCUT2D eigenvalue weighted by atomic mass is 16.3. The van der Waals surface area contributed by atoms with Crippen LogP contribution in [0, 0.1) is 0 Å². The Labute approximate surface area is 175 Å².